The lowest BCUT2D eigenvalue weighted by molar-refractivity contribution is 0.443. The van der Waals surface area contributed by atoms with Crippen LogP contribution in [0.1, 0.15) is 18.0 Å². The fourth-order valence-corrected chi connectivity index (χ4v) is 2.31. The second kappa shape index (κ2) is 3.54. The molecular formula is C13H11F2NO2. The molecule has 1 aliphatic carbocycles. The molecule has 3 rings (SSSR count). The number of rotatable bonds is 1. The van der Waals surface area contributed by atoms with E-state index >= 15 is 0 Å². The number of benzene rings is 1. The van der Waals surface area contributed by atoms with E-state index in [9.17, 15) is 18.7 Å². The predicted molar refractivity (Wildman–Crippen MR) is 63.1 cm³/mol. The van der Waals surface area contributed by atoms with E-state index in [0.29, 0.717) is 6.42 Å². The molecule has 2 aromatic rings. The smallest absolute Gasteiger partial charge is 0.193 e. The SMILES string of the molecule is Cc1c(F)cc(O)c2c(=O)ccn([C@@H]3C[C@@H]3F)c12. The van der Waals surface area contributed by atoms with Gasteiger partial charge < -0.3 is 9.67 Å². The zero-order valence-electron chi connectivity index (χ0n) is 9.65. The van der Waals surface area contributed by atoms with Gasteiger partial charge in [0.05, 0.1) is 16.9 Å². The fourth-order valence-electron chi connectivity index (χ4n) is 2.31. The Hall–Kier alpha value is -1.91. The van der Waals surface area contributed by atoms with Crippen LogP contribution in [0.25, 0.3) is 10.9 Å². The zero-order valence-corrected chi connectivity index (χ0v) is 9.65. The molecule has 0 bridgehead atoms. The monoisotopic (exact) mass is 251 g/mol. The molecule has 0 spiro atoms. The molecule has 1 fully saturated rings. The van der Waals surface area contributed by atoms with Crippen molar-refractivity contribution in [2.45, 2.75) is 25.6 Å². The van der Waals surface area contributed by atoms with Gasteiger partial charge in [-0.15, -0.1) is 0 Å². The van der Waals surface area contributed by atoms with Crippen LogP contribution in [0.4, 0.5) is 8.78 Å². The quantitative estimate of drug-likeness (QED) is 0.845. The third-order valence-electron chi connectivity index (χ3n) is 3.40. The predicted octanol–water partition coefficient (Wildman–Crippen LogP) is 2.44. The number of nitrogens with zero attached hydrogens (tertiary/aromatic N) is 1. The molecule has 1 aliphatic rings. The van der Waals surface area contributed by atoms with Gasteiger partial charge in [-0.05, 0) is 6.92 Å². The highest BCUT2D eigenvalue weighted by Gasteiger charge is 2.39. The Morgan fingerprint density at radius 1 is 1.50 bits per heavy atom. The minimum atomic E-state index is -0.972. The van der Waals surface area contributed by atoms with Crippen LogP contribution in [0, 0.1) is 12.7 Å². The summed E-state index contributed by atoms with van der Waals surface area (Å²) >= 11 is 0. The maximum Gasteiger partial charge on any atom is 0.193 e. The molecule has 18 heavy (non-hydrogen) atoms. The van der Waals surface area contributed by atoms with E-state index in [1.165, 1.54) is 19.2 Å². The van der Waals surface area contributed by atoms with E-state index in [1.807, 2.05) is 0 Å². The minimum absolute atomic E-state index is 0.0514. The van der Waals surface area contributed by atoms with Crippen molar-refractivity contribution < 1.29 is 13.9 Å². The molecule has 1 aromatic carbocycles. The summed E-state index contributed by atoms with van der Waals surface area (Å²) < 4.78 is 28.3. The highest BCUT2D eigenvalue weighted by molar-refractivity contribution is 5.88. The number of phenolic OH excluding ortho intramolecular Hbond substituents is 1. The van der Waals surface area contributed by atoms with E-state index in [-0.39, 0.29) is 22.5 Å². The number of hydrogen-bond acceptors (Lipinski definition) is 2. The van der Waals surface area contributed by atoms with Crippen molar-refractivity contribution in [3.8, 4) is 5.75 Å². The molecule has 0 aliphatic heterocycles. The molecular weight excluding hydrogens is 240 g/mol. The number of hydrogen-bond donors (Lipinski definition) is 1. The second-order valence-corrected chi connectivity index (χ2v) is 4.63. The van der Waals surface area contributed by atoms with Crippen LogP contribution < -0.4 is 5.43 Å². The molecule has 0 saturated heterocycles. The van der Waals surface area contributed by atoms with Crippen molar-refractivity contribution >= 4 is 10.9 Å². The van der Waals surface area contributed by atoms with Gasteiger partial charge in [0.25, 0.3) is 0 Å². The van der Waals surface area contributed by atoms with E-state index in [0.717, 1.165) is 6.07 Å². The Morgan fingerprint density at radius 3 is 2.78 bits per heavy atom. The molecule has 0 unspecified atom stereocenters. The average Bonchev–Trinajstić information content (AvgIpc) is 3.02. The maximum atomic E-state index is 13.6. The van der Waals surface area contributed by atoms with Gasteiger partial charge in [-0.1, -0.05) is 0 Å². The lowest BCUT2D eigenvalue weighted by atomic mass is 10.1. The number of halogens is 2. The second-order valence-electron chi connectivity index (χ2n) is 4.63. The highest BCUT2D eigenvalue weighted by Crippen LogP contribution is 2.41. The summed E-state index contributed by atoms with van der Waals surface area (Å²) in [4.78, 5) is 11.8. The summed E-state index contributed by atoms with van der Waals surface area (Å²) in [5.74, 6) is -1.00. The van der Waals surface area contributed by atoms with Crippen molar-refractivity contribution in [3.05, 3.63) is 39.9 Å². The summed E-state index contributed by atoms with van der Waals surface area (Å²) in [6, 6.07) is 1.82. The normalized spacial score (nSPS) is 22.4. The van der Waals surface area contributed by atoms with Crippen molar-refractivity contribution in [1.29, 1.82) is 0 Å². The molecule has 94 valence electrons. The van der Waals surface area contributed by atoms with E-state index in [1.54, 1.807) is 4.57 Å². The number of aromatic hydroxyl groups is 1. The Bertz CT molecular complexity index is 708. The number of phenols is 1. The van der Waals surface area contributed by atoms with Gasteiger partial charge in [0.1, 0.15) is 17.7 Å². The zero-order chi connectivity index (χ0) is 13.0. The van der Waals surface area contributed by atoms with Crippen LogP contribution in [0.5, 0.6) is 5.75 Å². The van der Waals surface area contributed by atoms with E-state index in [2.05, 4.69) is 0 Å². The van der Waals surface area contributed by atoms with Crippen LogP contribution in [-0.4, -0.2) is 15.8 Å². The van der Waals surface area contributed by atoms with Crippen LogP contribution in [0.2, 0.25) is 0 Å². The van der Waals surface area contributed by atoms with Crippen molar-refractivity contribution in [2.24, 2.45) is 0 Å². The standard InChI is InChI=1S/C13H11F2NO2/c1-6-7(14)5-11(18)12-10(17)2-3-16(13(6)12)9-4-8(9)15/h2-3,5,8-9,18H,4H2,1H3/t8-,9+/m0/s1. The first-order valence-corrected chi connectivity index (χ1v) is 5.67. The molecule has 1 aromatic heterocycles. The number of fused-ring (bicyclic) bond motifs is 1. The Balaban J connectivity index is 2.46. The third-order valence-corrected chi connectivity index (χ3v) is 3.40. The van der Waals surface area contributed by atoms with E-state index in [4.69, 9.17) is 0 Å². The first kappa shape index (κ1) is 11.2. The molecule has 2 atom stereocenters. The van der Waals surface area contributed by atoms with Crippen LogP contribution >= 0.6 is 0 Å². The fraction of sp³-hybridized carbons (Fsp3) is 0.308. The topological polar surface area (TPSA) is 42.2 Å². The summed E-state index contributed by atoms with van der Waals surface area (Å²) in [5.41, 5.74) is 0.141. The Kier molecular flexibility index (Phi) is 2.20. The summed E-state index contributed by atoms with van der Waals surface area (Å²) in [7, 11) is 0. The number of aryl methyl sites for hydroxylation is 1. The molecule has 1 saturated carbocycles. The summed E-state index contributed by atoms with van der Waals surface area (Å²) in [6.45, 7) is 1.52. The average molecular weight is 251 g/mol. The van der Waals surface area contributed by atoms with Crippen molar-refractivity contribution in [2.75, 3.05) is 0 Å². The molecule has 3 nitrogen and oxygen atoms in total. The lowest BCUT2D eigenvalue weighted by Crippen LogP contribution is -2.10. The molecule has 1 N–H and O–H groups in total. The Morgan fingerprint density at radius 2 is 2.17 bits per heavy atom. The minimum Gasteiger partial charge on any atom is -0.507 e. The number of pyridine rings is 1. The van der Waals surface area contributed by atoms with Crippen LogP contribution in [0.15, 0.2) is 23.1 Å². The number of alkyl halides is 1. The number of aromatic nitrogens is 1. The van der Waals surface area contributed by atoms with Crippen LogP contribution in [-0.2, 0) is 0 Å². The van der Waals surface area contributed by atoms with Crippen molar-refractivity contribution in [1.82, 2.24) is 4.57 Å². The van der Waals surface area contributed by atoms with E-state index < -0.39 is 23.2 Å². The van der Waals surface area contributed by atoms with Gasteiger partial charge in [-0.25, -0.2) is 8.78 Å². The first-order valence-electron chi connectivity index (χ1n) is 5.67. The maximum absolute atomic E-state index is 13.6. The molecule has 5 heteroatoms. The molecule has 0 radical (unpaired) electrons. The molecule has 0 amide bonds. The first-order chi connectivity index (χ1) is 8.50. The van der Waals surface area contributed by atoms with Gasteiger partial charge >= 0.3 is 0 Å². The van der Waals surface area contributed by atoms with Gasteiger partial charge in [0, 0.05) is 30.3 Å². The largest absolute Gasteiger partial charge is 0.507 e. The van der Waals surface area contributed by atoms with Crippen LogP contribution in [0.3, 0.4) is 0 Å². The Labute approximate surface area is 101 Å². The molecule has 1 heterocycles. The van der Waals surface area contributed by atoms with Crippen molar-refractivity contribution in [3.63, 3.8) is 0 Å². The summed E-state index contributed by atoms with van der Waals surface area (Å²) in [6.07, 6.45) is 0.843. The highest BCUT2D eigenvalue weighted by atomic mass is 19.1. The van der Waals surface area contributed by atoms with Gasteiger partial charge in [0.2, 0.25) is 0 Å². The van der Waals surface area contributed by atoms with Gasteiger partial charge in [-0.3, -0.25) is 4.79 Å². The third kappa shape index (κ3) is 1.43. The summed E-state index contributed by atoms with van der Waals surface area (Å²) in [5, 5.41) is 9.75. The van der Waals surface area contributed by atoms with Gasteiger partial charge in [0.15, 0.2) is 5.43 Å². The van der Waals surface area contributed by atoms with Gasteiger partial charge in [-0.2, -0.15) is 0 Å². The lowest BCUT2D eigenvalue weighted by Gasteiger charge is -2.13.